The smallest absolute Gasteiger partial charge is 0.147 e. The van der Waals surface area contributed by atoms with Gasteiger partial charge in [-0.1, -0.05) is 0 Å². The van der Waals surface area contributed by atoms with Gasteiger partial charge in [0.1, 0.15) is 0 Å². The SMILES string of the molecule is Cc1ccc(N=Cc2cc([N+](=O)[O-])cc[c]2[Ru](=[C]2C=C(c3ccccc3)c3ccccc32)=[C]2N(c3c(C)cc(C)cc3C)CCN2c2c(C)cc(C)cc2C)cc1.Cl. The van der Waals surface area contributed by atoms with E-state index in [4.69, 9.17) is 4.99 Å². The second-order valence-electron chi connectivity index (χ2n) is 15.2. The van der Waals surface area contributed by atoms with Crippen molar-refractivity contribution >= 4 is 59.6 Å². The molecule has 0 amide bonds. The van der Waals surface area contributed by atoms with E-state index in [2.05, 4.69) is 143 Å². The number of nitrogens with zero attached hydrogens (tertiary/aromatic N) is 4. The standard InChI is InChI=1S/C21H26N2.C15H10.C14H11N2O2.ClH.Ru/c1-14-9-16(3)20(17(4)10-14)22-7-8-23(13-22)21-18(5)11-15(2)12-19(21)6;1-2-6-12(7-3-1)15-11-10-13-8-4-5-9-14(13)15;1-11-5-7-13(8-6-11)15-10-12-3-2-4-14(9-12)16(17)18;;/h9-12H,7-8H2,1-6H3;1-9,11H;2,4-10H,1H3;1H;. The summed E-state index contributed by atoms with van der Waals surface area (Å²) in [7, 11) is 0. The third kappa shape index (κ3) is 7.69. The number of fused-ring (bicyclic) bond motifs is 1. The Labute approximate surface area is 352 Å². The van der Waals surface area contributed by atoms with E-state index in [-0.39, 0.29) is 23.0 Å². The predicted molar refractivity (Wildman–Crippen MR) is 243 cm³/mol. The first-order chi connectivity index (χ1) is 27.5. The fraction of sp³-hybridized carbons (Fsp3) is 0.180. The van der Waals surface area contributed by atoms with Crippen molar-refractivity contribution in [3.05, 3.63) is 199 Å². The summed E-state index contributed by atoms with van der Waals surface area (Å²) in [6.07, 6.45) is 4.28. The molecule has 1 saturated heterocycles. The molecule has 0 bridgehead atoms. The maximum absolute atomic E-state index is 12.4. The van der Waals surface area contributed by atoms with Crippen LogP contribution in [0.4, 0.5) is 22.7 Å². The summed E-state index contributed by atoms with van der Waals surface area (Å²) in [5.41, 5.74) is 17.4. The molecule has 295 valence electrons. The van der Waals surface area contributed by atoms with Crippen LogP contribution >= 0.6 is 12.4 Å². The molecule has 0 aromatic heterocycles. The zero-order valence-electron chi connectivity index (χ0n) is 34.0. The maximum Gasteiger partial charge on any atom is -0.147 e. The summed E-state index contributed by atoms with van der Waals surface area (Å²) in [6.45, 7) is 16.9. The fourth-order valence-corrected chi connectivity index (χ4v) is 14.0. The van der Waals surface area contributed by atoms with Crippen LogP contribution in [0.25, 0.3) is 5.57 Å². The summed E-state index contributed by atoms with van der Waals surface area (Å²) in [5, 5.41) is 12.4. The normalized spacial score (nSPS) is 14.8. The Hall–Kier alpha value is -5.62. The van der Waals surface area contributed by atoms with Gasteiger partial charge in [0.05, 0.1) is 0 Å². The number of aryl methyl sites for hydroxylation is 7. The Bertz CT molecular complexity index is 2630. The fourth-order valence-electron chi connectivity index (χ4n) is 8.46. The summed E-state index contributed by atoms with van der Waals surface area (Å²) in [6, 6.07) is 42.1. The number of hydrogen-bond donors (Lipinski definition) is 0. The Morgan fingerprint density at radius 2 is 1.17 bits per heavy atom. The topological polar surface area (TPSA) is 62.0 Å². The van der Waals surface area contributed by atoms with Crippen molar-refractivity contribution in [2.24, 2.45) is 4.99 Å². The minimum atomic E-state index is -2.66. The molecular weight excluding hydrogens is 825 g/mol. The number of benzene rings is 6. The number of halogens is 1. The number of aliphatic imine (C=N–C) groups is 1. The maximum atomic E-state index is 12.4. The van der Waals surface area contributed by atoms with Crippen LogP contribution in [0.1, 0.15) is 61.2 Å². The van der Waals surface area contributed by atoms with Crippen LogP contribution < -0.4 is 14.0 Å². The van der Waals surface area contributed by atoms with Crippen LogP contribution in [-0.4, -0.2) is 32.7 Å². The van der Waals surface area contributed by atoms with Gasteiger partial charge in [0, 0.05) is 0 Å². The van der Waals surface area contributed by atoms with Crippen molar-refractivity contribution in [2.75, 3.05) is 22.9 Å². The number of nitro groups is 1. The molecule has 0 spiro atoms. The zero-order valence-corrected chi connectivity index (χ0v) is 36.5. The third-order valence-corrected chi connectivity index (χ3v) is 15.8. The van der Waals surface area contributed by atoms with E-state index < -0.39 is 15.0 Å². The average Bonchev–Trinajstić information content (AvgIpc) is 3.77. The molecule has 0 unspecified atom stereocenters. The van der Waals surface area contributed by atoms with Gasteiger partial charge < -0.3 is 0 Å². The molecule has 6 aromatic carbocycles. The van der Waals surface area contributed by atoms with Gasteiger partial charge in [0.15, 0.2) is 0 Å². The molecule has 1 aliphatic carbocycles. The summed E-state index contributed by atoms with van der Waals surface area (Å²) < 4.78 is 3.64. The molecule has 8 heteroatoms. The molecule has 0 saturated carbocycles. The second kappa shape index (κ2) is 16.7. The Balaban J connectivity index is 0.00000512. The van der Waals surface area contributed by atoms with Crippen LogP contribution in [0, 0.1) is 58.6 Å². The van der Waals surface area contributed by atoms with Crippen molar-refractivity contribution in [1.29, 1.82) is 0 Å². The zero-order chi connectivity index (χ0) is 40.0. The third-order valence-electron chi connectivity index (χ3n) is 10.7. The first-order valence-corrected chi connectivity index (χ1v) is 22.0. The van der Waals surface area contributed by atoms with Gasteiger partial charge in [-0.15, -0.1) is 12.4 Å². The first-order valence-electron chi connectivity index (χ1n) is 19.4. The molecule has 1 heterocycles. The number of anilines is 2. The first kappa shape index (κ1) is 40.6. The van der Waals surface area contributed by atoms with Crippen LogP contribution in [-0.2, 0) is 15.0 Å². The molecule has 58 heavy (non-hydrogen) atoms. The molecule has 0 atom stereocenters. The van der Waals surface area contributed by atoms with E-state index >= 15 is 0 Å². The van der Waals surface area contributed by atoms with Crippen molar-refractivity contribution in [2.45, 2.75) is 48.5 Å². The largest absolute Gasteiger partial charge is 0.147 e. The van der Waals surface area contributed by atoms with Crippen molar-refractivity contribution < 1.29 is 20.0 Å². The summed E-state index contributed by atoms with van der Waals surface area (Å²) in [4.78, 5) is 22.3. The van der Waals surface area contributed by atoms with Crippen molar-refractivity contribution in [3.8, 4) is 0 Å². The monoisotopic (exact) mass is 873 g/mol. The van der Waals surface area contributed by atoms with E-state index in [0.29, 0.717) is 0 Å². The minimum absolute atomic E-state index is 0. The van der Waals surface area contributed by atoms with Crippen LogP contribution in [0.3, 0.4) is 0 Å². The van der Waals surface area contributed by atoms with Crippen LogP contribution in [0.2, 0.25) is 0 Å². The minimum Gasteiger partial charge on any atom is -0.147 e. The molecule has 0 N–H and O–H groups in total. The molecule has 2 aliphatic rings. The van der Waals surface area contributed by atoms with Gasteiger partial charge in [-0.05, 0) is 0 Å². The van der Waals surface area contributed by atoms with E-state index in [9.17, 15) is 10.1 Å². The second-order valence-corrected chi connectivity index (χ2v) is 19.1. The van der Waals surface area contributed by atoms with Gasteiger partial charge in [-0.3, -0.25) is 0 Å². The van der Waals surface area contributed by atoms with Gasteiger partial charge >= 0.3 is 342 Å². The van der Waals surface area contributed by atoms with E-state index in [1.165, 1.54) is 75.5 Å². The molecule has 1 aliphatic heterocycles. The predicted octanol–water partition coefficient (Wildman–Crippen LogP) is 10.9. The number of non-ortho nitro benzene ring substituents is 1. The van der Waals surface area contributed by atoms with Crippen molar-refractivity contribution in [1.82, 2.24) is 0 Å². The van der Waals surface area contributed by atoms with E-state index in [0.717, 1.165) is 34.1 Å². The molecular formula is C50H48ClN4O2Ru. The van der Waals surface area contributed by atoms with Gasteiger partial charge in [-0.2, -0.15) is 0 Å². The number of allylic oxidation sites excluding steroid dienone is 1. The van der Waals surface area contributed by atoms with E-state index in [1.54, 1.807) is 12.1 Å². The summed E-state index contributed by atoms with van der Waals surface area (Å²) >= 11 is -2.66. The van der Waals surface area contributed by atoms with Gasteiger partial charge in [0.2, 0.25) is 0 Å². The number of rotatable bonds is 7. The number of nitro benzene ring substituents is 1. The Morgan fingerprint density at radius 1 is 0.638 bits per heavy atom. The van der Waals surface area contributed by atoms with Gasteiger partial charge in [0.25, 0.3) is 0 Å². The Kier molecular flexibility index (Phi) is 11.7. The summed E-state index contributed by atoms with van der Waals surface area (Å²) in [5.74, 6) is 0. The van der Waals surface area contributed by atoms with Crippen LogP contribution in [0.5, 0.6) is 0 Å². The molecule has 6 nitrogen and oxygen atoms in total. The van der Waals surface area contributed by atoms with Gasteiger partial charge in [-0.25, -0.2) is 0 Å². The molecule has 8 rings (SSSR count). The quantitative estimate of drug-likeness (QED) is 0.0694. The van der Waals surface area contributed by atoms with Crippen LogP contribution in [0.15, 0.2) is 132 Å². The molecule has 1 fully saturated rings. The average molecular weight is 873 g/mol. The number of hydrogen-bond acceptors (Lipinski definition) is 5. The molecule has 0 radical (unpaired) electrons. The molecule has 6 aromatic rings. The van der Waals surface area contributed by atoms with E-state index in [1.807, 2.05) is 36.5 Å². The Morgan fingerprint density at radius 3 is 1.72 bits per heavy atom. The van der Waals surface area contributed by atoms with Crippen molar-refractivity contribution in [3.63, 3.8) is 0 Å².